The van der Waals surface area contributed by atoms with Crippen LogP contribution in [0.25, 0.3) is 11.6 Å². The zero-order valence-corrected chi connectivity index (χ0v) is 14.7. The minimum atomic E-state index is -1.00. The van der Waals surface area contributed by atoms with Gasteiger partial charge in [-0.25, -0.2) is 4.79 Å². The lowest BCUT2D eigenvalue weighted by atomic mass is 10.0. The number of ether oxygens (including phenoxy) is 1. The second-order valence-electron chi connectivity index (χ2n) is 5.58. The molecule has 2 rings (SSSR count). The molecule has 0 fully saturated rings. The van der Waals surface area contributed by atoms with Gasteiger partial charge in [-0.15, -0.1) is 0 Å². The van der Waals surface area contributed by atoms with Gasteiger partial charge in [0.2, 0.25) is 0 Å². The molecule has 0 heterocycles. The zero-order chi connectivity index (χ0) is 18.4. The van der Waals surface area contributed by atoms with E-state index in [0.29, 0.717) is 21.9 Å². The van der Waals surface area contributed by atoms with Crippen molar-refractivity contribution in [1.82, 2.24) is 0 Å². The maximum absolute atomic E-state index is 10.9. The third-order valence-electron chi connectivity index (χ3n) is 3.73. The molecule has 1 N–H and O–H groups in total. The van der Waals surface area contributed by atoms with Gasteiger partial charge >= 0.3 is 5.97 Å². The first-order valence-electron chi connectivity index (χ1n) is 7.86. The van der Waals surface area contributed by atoms with Gasteiger partial charge in [0.25, 0.3) is 0 Å². The summed E-state index contributed by atoms with van der Waals surface area (Å²) in [6, 6.07) is 13.6. The van der Waals surface area contributed by atoms with Crippen LogP contribution in [0.3, 0.4) is 0 Å². The molecular formula is C20H18ClNO3. The fourth-order valence-corrected chi connectivity index (χ4v) is 2.38. The minimum absolute atomic E-state index is 0.0707. The van der Waals surface area contributed by atoms with Crippen molar-refractivity contribution in [2.75, 3.05) is 0 Å². The highest BCUT2D eigenvalue weighted by Crippen LogP contribution is 2.28. The van der Waals surface area contributed by atoms with Crippen LogP contribution >= 0.6 is 11.6 Å². The Morgan fingerprint density at radius 1 is 1.28 bits per heavy atom. The van der Waals surface area contributed by atoms with Crippen molar-refractivity contribution < 1.29 is 14.6 Å². The van der Waals surface area contributed by atoms with Crippen molar-refractivity contribution in [3.05, 3.63) is 64.2 Å². The Bertz CT molecular complexity index is 835. The Hall–Kier alpha value is -2.77. The van der Waals surface area contributed by atoms with Gasteiger partial charge in [0, 0.05) is 0 Å². The molecule has 4 nitrogen and oxygen atoms in total. The summed E-state index contributed by atoms with van der Waals surface area (Å²) in [6.45, 7) is 4.00. The van der Waals surface area contributed by atoms with Gasteiger partial charge in [0.1, 0.15) is 5.75 Å². The van der Waals surface area contributed by atoms with E-state index >= 15 is 0 Å². The zero-order valence-electron chi connectivity index (χ0n) is 14.0. The second kappa shape index (κ2) is 8.36. The molecule has 0 unspecified atom stereocenters. The van der Waals surface area contributed by atoms with Crippen molar-refractivity contribution in [1.29, 1.82) is 5.26 Å². The first-order valence-corrected chi connectivity index (χ1v) is 8.24. The number of carboxylic acid groups (broad SMARTS) is 1. The van der Waals surface area contributed by atoms with Gasteiger partial charge in [-0.2, -0.15) is 5.26 Å². The quantitative estimate of drug-likeness (QED) is 0.565. The van der Waals surface area contributed by atoms with Crippen LogP contribution in [-0.4, -0.2) is 17.2 Å². The van der Waals surface area contributed by atoms with Gasteiger partial charge in [0.05, 0.1) is 28.3 Å². The molecule has 1 atom stereocenters. The molecule has 128 valence electrons. The Balaban J connectivity index is 2.29. The normalized spacial score (nSPS) is 12.3. The standard InChI is InChI=1S/C20H18ClNO3/c1-3-13(2)25-19-9-4-14(11-18(19)21)10-17(12-22)15-5-7-16(8-6-15)20(23)24/h4-11,13H,3H2,1-2H3,(H,23,24)/b17-10+/t13-/m0/s1. The molecule has 2 aromatic rings. The molecule has 25 heavy (non-hydrogen) atoms. The largest absolute Gasteiger partial charge is 0.489 e. The van der Waals surface area contributed by atoms with E-state index in [1.807, 2.05) is 19.9 Å². The number of hydrogen-bond acceptors (Lipinski definition) is 3. The molecule has 2 aromatic carbocycles. The lowest BCUT2D eigenvalue weighted by Crippen LogP contribution is -2.09. The minimum Gasteiger partial charge on any atom is -0.489 e. The summed E-state index contributed by atoms with van der Waals surface area (Å²) < 4.78 is 5.73. The third kappa shape index (κ3) is 4.85. The number of carboxylic acids is 1. The highest BCUT2D eigenvalue weighted by molar-refractivity contribution is 6.32. The van der Waals surface area contributed by atoms with E-state index in [0.717, 1.165) is 12.0 Å². The van der Waals surface area contributed by atoms with Crippen LogP contribution < -0.4 is 4.74 Å². The fourth-order valence-electron chi connectivity index (χ4n) is 2.14. The van der Waals surface area contributed by atoms with Crippen molar-refractivity contribution in [3.63, 3.8) is 0 Å². The third-order valence-corrected chi connectivity index (χ3v) is 4.03. The number of carbonyl (C=O) groups is 1. The van der Waals surface area contributed by atoms with E-state index in [1.165, 1.54) is 12.1 Å². The second-order valence-corrected chi connectivity index (χ2v) is 5.99. The molecule has 0 saturated carbocycles. The summed E-state index contributed by atoms with van der Waals surface area (Å²) in [5.74, 6) is -0.393. The van der Waals surface area contributed by atoms with Crippen molar-refractivity contribution in [2.45, 2.75) is 26.4 Å². The van der Waals surface area contributed by atoms with Crippen LogP contribution in [0.5, 0.6) is 5.75 Å². The van der Waals surface area contributed by atoms with E-state index in [2.05, 4.69) is 6.07 Å². The Morgan fingerprint density at radius 2 is 1.92 bits per heavy atom. The lowest BCUT2D eigenvalue weighted by Gasteiger charge is -2.14. The Morgan fingerprint density at radius 3 is 2.44 bits per heavy atom. The van der Waals surface area contributed by atoms with E-state index in [9.17, 15) is 10.1 Å². The topological polar surface area (TPSA) is 70.3 Å². The van der Waals surface area contributed by atoms with Crippen molar-refractivity contribution in [2.24, 2.45) is 0 Å². The van der Waals surface area contributed by atoms with Gasteiger partial charge < -0.3 is 9.84 Å². The van der Waals surface area contributed by atoms with Crippen LogP contribution in [0.2, 0.25) is 5.02 Å². The first-order chi connectivity index (χ1) is 11.9. The number of rotatable bonds is 6. The number of hydrogen-bond donors (Lipinski definition) is 1. The molecule has 0 spiro atoms. The summed E-state index contributed by atoms with van der Waals surface area (Å²) >= 11 is 6.26. The number of benzene rings is 2. The summed E-state index contributed by atoms with van der Waals surface area (Å²) in [4.78, 5) is 10.9. The lowest BCUT2D eigenvalue weighted by molar-refractivity contribution is 0.0697. The van der Waals surface area contributed by atoms with Gasteiger partial charge in [-0.05, 0) is 54.8 Å². The maximum Gasteiger partial charge on any atom is 0.335 e. The van der Waals surface area contributed by atoms with Crippen LogP contribution in [0.4, 0.5) is 0 Å². The van der Waals surface area contributed by atoms with Gasteiger partial charge in [-0.3, -0.25) is 0 Å². The van der Waals surface area contributed by atoms with E-state index in [4.69, 9.17) is 21.4 Å². The molecule has 0 saturated heterocycles. The van der Waals surface area contributed by atoms with Crippen LogP contribution in [0.1, 0.15) is 41.8 Å². The summed E-state index contributed by atoms with van der Waals surface area (Å²) in [6.07, 6.45) is 2.65. The number of aromatic carboxylic acids is 1. The first kappa shape index (κ1) is 18.6. The molecule has 0 bridgehead atoms. The van der Waals surface area contributed by atoms with Gasteiger partial charge in [-0.1, -0.05) is 36.7 Å². The summed E-state index contributed by atoms with van der Waals surface area (Å²) in [7, 11) is 0. The maximum atomic E-state index is 10.9. The number of nitriles is 1. The fraction of sp³-hybridized carbons (Fsp3) is 0.200. The molecule has 0 aliphatic heterocycles. The molecule has 0 amide bonds. The molecule has 0 radical (unpaired) electrons. The predicted molar refractivity (Wildman–Crippen MR) is 98.7 cm³/mol. The van der Waals surface area contributed by atoms with Crippen LogP contribution in [0, 0.1) is 11.3 Å². The van der Waals surface area contributed by atoms with Crippen molar-refractivity contribution >= 4 is 29.2 Å². The molecule has 5 heteroatoms. The van der Waals surface area contributed by atoms with Crippen LogP contribution in [0.15, 0.2) is 42.5 Å². The summed E-state index contributed by atoms with van der Waals surface area (Å²) in [5.41, 5.74) is 2.00. The average Bonchev–Trinajstić information content (AvgIpc) is 2.61. The number of halogens is 1. The van der Waals surface area contributed by atoms with Crippen LogP contribution in [-0.2, 0) is 0 Å². The van der Waals surface area contributed by atoms with E-state index in [-0.39, 0.29) is 11.7 Å². The molecule has 0 aromatic heterocycles. The van der Waals surface area contributed by atoms with E-state index < -0.39 is 5.97 Å². The number of nitrogens with zero attached hydrogens (tertiary/aromatic N) is 1. The number of allylic oxidation sites excluding steroid dienone is 1. The smallest absolute Gasteiger partial charge is 0.335 e. The Kier molecular flexibility index (Phi) is 6.21. The monoisotopic (exact) mass is 355 g/mol. The van der Waals surface area contributed by atoms with Crippen molar-refractivity contribution in [3.8, 4) is 11.8 Å². The summed E-state index contributed by atoms with van der Waals surface area (Å²) in [5, 5.41) is 18.8. The highest BCUT2D eigenvalue weighted by atomic mass is 35.5. The molecular weight excluding hydrogens is 338 g/mol. The highest BCUT2D eigenvalue weighted by Gasteiger charge is 2.08. The van der Waals surface area contributed by atoms with E-state index in [1.54, 1.807) is 30.3 Å². The Labute approximate surface area is 151 Å². The molecule has 0 aliphatic carbocycles. The predicted octanol–water partition coefficient (Wildman–Crippen LogP) is 5.28. The molecule has 0 aliphatic rings. The SMILES string of the molecule is CC[C@H](C)Oc1ccc(/C=C(\C#N)c2ccc(C(=O)O)cc2)cc1Cl. The van der Waals surface area contributed by atoms with Gasteiger partial charge in [0.15, 0.2) is 0 Å². The average molecular weight is 356 g/mol.